The van der Waals surface area contributed by atoms with Gasteiger partial charge in [-0.05, 0) is 0 Å². The van der Waals surface area contributed by atoms with Gasteiger partial charge in [0.15, 0.2) is 5.82 Å². The smallest absolute Gasteiger partial charge is 0.262 e. The van der Waals surface area contributed by atoms with Gasteiger partial charge in [0.2, 0.25) is 0 Å². The van der Waals surface area contributed by atoms with Crippen molar-refractivity contribution in [3.05, 3.63) is 40.5 Å². The van der Waals surface area contributed by atoms with Gasteiger partial charge >= 0.3 is 0 Å². The lowest BCUT2D eigenvalue weighted by Crippen LogP contribution is -2.21. The van der Waals surface area contributed by atoms with Crippen molar-refractivity contribution in [2.24, 2.45) is 7.05 Å². The van der Waals surface area contributed by atoms with Gasteiger partial charge in [-0.15, -0.1) is 0 Å². The number of ether oxygens (including phenoxy) is 1. The number of hydrogen-bond donors (Lipinski definition) is 1. The summed E-state index contributed by atoms with van der Waals surface area (Å²) >= 11 is 0. The summed E-state index contributed by atoms with van der Waals surface area (Å²) in [6.07, 6.45) is 2.74. The van der Waals surface area contributed by atoms with E-state index in [9.17, 15) is 9.59 Å². The first-order valence-corrected chi connectivity index (χ1v) is 5.08. The number of aryl methyl sites for hydroxylation is 1. The van der Waals surface area contributed by atoms with E-state index in [1.165, 1.54) is 36.3 Å². The quantitative estimate of drug-likeness (QED) is 0.862. The van der Waals surface area contributed by atoms with Crippen LogP contribution in [0.1, 0.15) is 10.4 Å². The molecule has 2 aromatic rings. The molecule has 2 heterocycles. The standard InChI is InChI=1S/C11H11N3O4/c1-14-6-7(8(17-2)5-10(14)15)11(16)12-9-3-4-18-13-9/h3-6H,1-2H3,(H,12,13,16). The fourth-order valence-corrected chi connectivity index (χ4v) is 1.41. The number of anilines is 1. The van der Waals surface area contributed by atoms with Crippen LogP contribution in [0.15, 0.2) is 33.9 Å². The molecule has 2 aromatic heterocycles. The van der Waals surface area contributed by atoms with E-state index in [0.717, 1.165) is 0 Å². The average Bonchev–Trinajstić information content (AvgIpc) is 2.84. The summed E-state index contributed by atoms with van der Waals surface area (Å²) in [4.78, 5) is 23.4. The van der Waals surface area contributed by atoms with E-state index in [4.69, 9.17) is 4.74 Å². The predicted molar refractivity (Wildman–Crippen MR) is 62.7 cm³/mol. The number of rotatable bonds is 3. The second-order valence-corrected chi connectivity index (χ2v) is 3.54. The zero-order chi connectivity index (χ0) is 13.1. The molecule has 1 N–H and O–H groups in total. The van der Waals surface area contributed by atoms with Crippen LogP contribution in [0.4, 0.5) is 5.82 Å². The van der Waals surface area contributed by atoms with Crippen LogP contribution in [0.25, 0.3) is 0 Å². The summed E-state index contributed by atoms with van der Waals surface area (Å²) in [5.74, 6) is 0.0614. The SMILES string of the molecule is COc1cc(=O)n(C)cc1C(=O)Nc1ccon1. The second kappa shape index (κ2) is 4.74. The predicted octanol–water partition coefficient (Wildman–Crippen LogP) is 0.634. The Morgan fingerprint density at radius 1 is 1.56 bits per heavy atom. The van der Waals surface area contributed by atoms with Crippen molar-refractivity contribution in [3.8, 4) is 5.75 Å². The average molecular weight is 249 g/mol. The first kappa shape index (κ1) is 11.9. The summed E-state index contributed by atoms with van der Waals surface area (Å²) < 4.78 is 10.9. The van der Waals surface area contributed by atoms with E-state index in [1.807, 2.05) is 0 Å². The first-order valence-electron chi connectivity index (χ1n) is 5.08. The minimum absolute atomic E-state index is 0.207. The highest BCUT2D eigenvalue weighted by Gasteiger charge is 2.15. The van der Waals surface area contributed by atoms with Crippen LogP contribution in [-0.2, 0) is 7.05 Å². The van der Waals surface area contributed by atoms with E-state index in [2.05, 4.69) is 15.0 Å². The normalized spacial score (nSPS) is 10.1. The fourth-order valence-electron chi connectivity index (χ4n) is 1.41. The first-order chi connectivity index (χ1) is 8.61. The molecule has 0 radical (unpaired) electrons. The van der Waals surface area contributed by atoms with Gasteiger partial charge in [-0.2, -0.15) is 0 Å². The highest BCUT2D eigenvalue weighted by Crippen LogP contribution is 2.16. The van der Waals surface area contributed by atoms with Gasteiger partial charge in [0.05, 0.1) is 12.7 Å². The summed E-state index contributed by atoms with van der Waals surface area (Å²) in [5.41, 5.74) is -0.0209. The zero-order valence-electron chi connectivity index (χ0n) is 9.84. The van der Waals surface area contributed by atoms with E-state index in [-0.39, 0.29) is 22.7 Å². The summed E-state index contributed by atoms with van der Waals surface area (Å²) in [5, 5.41) is 6.08. The molecular formula is C11H11N3O4. The molecule has 1 amide bonds. The molecule has 18 heavy (non-hydrogen) atoms. The third kappa shape index (κ3) is 2.24. The van der Waals surface area contributed by atoms with Crippen LogP contribution < -0.4 is 15.6 Å². The van der Waals surface area contributed by atoms with Crippen molar-refractivity contribution >= 4 is 11.7 Å². The minimum Gasteiger partial charge on any atom is -0.496 e. The number of carbonyl (C=O) groups excluding carboxylic acids is 1. The third-order valence-electron chi connectivity index (χ3n) is 2.33. The van der Waals surface area contributed by atoms with Gasteiger partial charge in [0.25, 0.3) is 11.5 Å². The number of amides is 1. The Bertz CT molecular complexity index is 616. The number of pyridine rings is 1. The van der Waals surface area contributed by atoms with Gasteiger partial charge in [-0.25, -0.2) is 0 Å². The number of nitrogens with one attached hydrogen (secondary N) is 1. The summed E-state index contributed by atoms with van der Waals surface area (Å²) in [6, 6.07) is 2.75. The highest BCUT2D eigenvalue weighted by atomic mass is 16.5. The fraction of sp³-hybridized carbons (Fsp3) is 0.182. The van der Waals surface area contributed by atoms with Crippen molar-refractivity contribution < 1.29 is 14.1 Å². The molecule has 0 saturated carbocycles. The Balaban J connectivity index is 2.35. The van der Waals surface area contributed by atoms with Crippen molar-refractivity contribution in [1.82, 2.24) is 9.72 Å². The molecule has 0 aromatic carbocycles. The zero-order valence-corrected chi connectivity index (χ0v) is 9.84. The Hall–Kier alpha value is -2.57. The van der Waals surface area contributed by atoms with E-state index >= 15 is 0 Å². The third-order valence-corrected chi connectivity index (χ3v) is 2.33. The van der Waals surface area contributed by atoms with E-state index in [1.54, 1.807) is 7.05 Å². The molecule has 0 fully saturated rings. The molecule has 0 atom stereocenters. The molecule has 0 unspecified atom stereocenters. The maximum Gasteiger partial charge on any atom is 0.262 e. The van der Waals surface area contributed by atoms with Crippen LogP contribution in [-0.4, -0.2) is 22.7 Å². The monoisotopic (exact) mass is 249 g/mol. The lowest BCUT2D eigenvalue weighted by Gasteiger charge is -2.08. The number of nitrogens with zero attached hydrogens (tertiary/aromatic N) is 2. The molecule has 0 spiro atoms. The van der Waals surface area contributed by atoms with Crippen molar-refractivity contribution in [1.29, 1.82) is 0 Å². The molecule has 0 aliphatic rings. The maximum absolute atomic E-state index is 12.0. The van der Waals surface area contributed by atoms with E-state index < -0.39 is 5.91 Å². The van der Waals surface area contributed by atoms with Gasteiger partial charge in [0, 0.05) is 25.4 Å². The lowest BCUT2D eigenvalue weighted by atomic mass is 10.2. The highest BCUT2D eigenvalue weighted by molar-refractivity contribution is 6.05. The number of hydrogen-bond acceptors (Lipinski definition) is 5. The number of aromatic nitrogens is 2. The number of methoxy groups -OCH3 is 1. The molecular weight excluding hydrogens is 238 g/mol. The maximum atomic E-state index is 12.0. The van der Waals surface area contributed by atoms with Crippen LogP contribution in [0, 0.1) is 0 Å². The van der Waals surface area contributed by atoms with Crippen LogP contribution >= 0.6 is 0 Å². The summed E-state index contributed by atoms with van der Waals surface area (Å²) in [7, 11) is 2.94. The molecule has 0 bridgehead atoms. The summed E-state index contributed by atoms with van der Waals surface area (Å²) in [6.45, 7) is 0. The Kier molecular flexibility index (Phi) is 3.13. The van der Waals surface area contributed by atoms with Crippen molar-refractivity contribution in [3.63, 3.8) is 0 Å². The molecule has 0 saturated heterocycles. The topological polar surface area (TPSA) is 86.4 Å². The van der Waals surface area contributed by atoms with Gasteiger partial charge in [0.1, 0.15) is 12.0 Å². The lowest BCUT2D eigenvalue weighted by molar-refractivity contribution is 0.102. The minimum atomic E-state index is -0.434. The largest absolute Gasteiger partial charge is 0.496 e. The Labute approximate surface area is 102 Å². The van der Waals surface area contributed by atoms with Gasteiger partial charge in [-0.1, -0.05) is 5.16 Å². The molecule has 7 nitrogen and oxygen atoms in total. The van der Waals surface area contributed by atoms with Gasteiger partial charge < -0.3 is 19.1 Å². The Morgan fingerprint density at radius 2 is 2.33 bits per heavy atom. The van der Waals surface area contributed by atoms with Gasteiger partial charge in [-0.3, -0.25) is 9.59 Å². The molecule has 94 valence electrons. The Morgan fingerprint density at radius 3 is 2.94 bits per heavy atom. The molecule has 2 rings (SSSR count). The molecule has 7 heteroatoms. The van der Waals surface area contributed by atoms with E-state index in [0.29, 0.717) is 0 Å². The van der Waals surface area contributed by atoms with Crippen LogP contribution in [0.3, 0.4) is 0 Å². The van der Waals surface area contributed by atoms with Crippen molar-refractivity contribution in [2.45, 2.75) is 0 Å². The van der Waals surface area contributed by atoms with Crippen LogP contribution in [0.5, 0.6) is 5.75 Å². The molecule has 0 aliphatic heterocycles. The second-order valence-electron chi connectivity index (χ2n) is 3.54. The number of carbonyl (C=O) groups is 1. The van der Waals surface area contributed by atoms with Crippen LogP contribution in [0.2, 0.25) is 0 Å². The molecule has 0 aliphatic carbocycles. The van der Waals surface area contributed by atoms with Crippen molar-refractivity contribution in [2.75, 3.05) is 12.4 Å².